The quantitative estimate of drug-likeness (QED) is 0.838. The van der Waals surface area contributed by atoms with Gasteiger partial charge in [-0.15, -0.1) is 0 Å². The van der Waals surface area contributed by atoms with Gasteiger partial charge < -0.3 is 10.5 Å². The number of ether oxygens (including phenoxy) is 1. The van der Waals surface area contributed by atoms with Crippen molar-refractivity contribution < 1.29 is 13.2 Å². The molecule has 0 heterocycles. The number of nitrogen functional groups attached to an aromatic ring is 1. The van der Waals surface area contributed by atoms with E-state index >= 15 is 0 Å². The van der Waals surface area contributed by atoms with Crippen LogP contribution in [-0.2, 0) is 10.0 Å². The molecule has 0 spiro atoms. The first-order chi connectivity index (χ1) is 9.96. The number of hydrogen-bond acceptors (Lipinski definition) is 5. The predicted octanol–water partition coefficient (Wildman–Crippen LogP) is 1.84. The Balaban J connectivity index is 2.47. The lowest BCUT2D eigenvalue weighted by Gasteiger charge is -2.12. The van der Waals surface area contributed by atoms with Crippen molar-refractivity contribution in [2.24, 2.45) is 0 Å². The molecule has 0 unspecified atom stereocenters. The molecule has 0 fully saturated rings. The summed E-state index contributed by atoms with van der Waals surface area (Å²) in [5, 5.41) is 8.86. The van der Waals surface area contributed by atoms with Crippen molar-refractivity contribution in [3.05, 3.63) is 48.0 Å². The molecule has 0 bridgehead atoms. The Morgan fingerprint density at radius 1 is 1.24 bits per heavy atom. The third-order valence-electron chi connectivity index (χ3n) is 2.72. The summed E-state index contributed by atoms with van der Waals surface area (Å²) < 4.78 is 31.8. The Hall–Kier alpha value is -2.56. The molecule has 0 saturated carbocycles. The highest BCUT2D eigenvalue weighted by atomic mass is 32.2. The maximum absolute atomic E-state index is 12.0. The average Bonchev–Trinajstić information content (AvgIpc) is 2.49. The molecule has 0 radical (unpaired) electrons. The van der Waals surface area contributed by atoms with Gasteiger partial charge in [-0.3, -0.25) is 0 Å². The van der Waals surface area contributed by atoms with Crippen molar-refractivity contribution in [1.29, 1.82) is 5.26 Å². The summed E-state index contributed by atoms with van der Waals surface area (Å²) in [6.07, 6.45) is 0. The van der Waals surface area contributed by atoms with Crippen LogP contribution < -0.4 is 15.2 Å². The Morgan fingerprint density at radius 2 is 2.00 bits per heavy atom. The number of hydrogen-bond donors (Lipinski definition) is 2. The van der Waals surface area contributed by atoms with Gasteiger partial charge in [0.05, 0.1) is 11.6 Å². The molecule has 0 aliphatic carbocycles. The lowest BCUT2D eigenvalue weighted by Crippen LogP contribution is -2.19. The molecule has 0 aliphatic rings. The second kappa shape index (κ2) is 5.83. The lowest BCUT2D eigenvalue weighted by molar-refractivity contribution is 0.467. The highest BCUT2D eigenvalue weighted by Gasteiger charge is 2.18. The van der Waals surface area contributed by atoms with Gasteiger partial charge >= 0.3 is 0 Å². The number of nitrogens with zero attached hydrogens (tertiary/aromatic N) is 1. The highest BCUT2D eigenvalue weighted by Crippen LogP contribution is 2.30. The second-order valence-corrected chi connectivity index (χ2v) is 6.01. The van der Waals surface area contributed by atoms with Gasteiger partial charge in [0.15, 0.2) is 0 Å². The fraction of sp³-hybridized carbons (Fsp3) is 0.0714. The number of anilines is 1. The molecule has 2 aromatic carbocycles. The first-order valence-electron chi connectivity index (χ1n) is 5.97. The summed E-state index contributed by atoms with van der Waals surface area (Å²) >= 11 is 0. The molecular weight excluding hydrogens is 290 g/mol. The molecule has 6 nitrogen and oxygen atoms in total. The van der Waals surface area contributed by atoms with Crippen molar-refractivity contribution in [2.45, 2.75) is 4.90 Å². The molecule has 7 heteroatoms. The van der Waals surface area contributed by atoms with Crippen LogP contribution >= 0.6 is 0 Å². The zero-order valence-corrected chi connectivity index (χ0v) is 12.0. The molecule has 2 rings (SSSR count). The fourth-order valence-corrected chi connectivity index (χ4v) is 2.57. The fourth-order valence-electron chi connectivity index (χ4n) is 1.69. The van der Waals surface area contributed by atoms with E-state index < -0.39 is 10.0 Å². The van der Waals surface area contributed by atoms with Gasteiger partial charge in [-0.25, -0.2) is 13.1 Å². The van der Waals surface area contributed by atoms with Crippen LogP contribution in [0, 0.1) is 11.3 Å². The van der Waals surface area contributed by atoms with E-state index in [9.17, 15) is 8.42 Å². The van der Waals surface area contributed by atoms with E-state index in [0.717, 1.165) is 0 Å². The summed E-state index contributed by atoms with van der Waals surface area (Å²) in [5.74, 6) is 0.500. The molecule has 0 aromatic heterocycles. The Bertz CT molecular complexity index is 810. The van der Waals surface area contributed by atoms with Crippen LogP contribution in [0.4, 0.5) is 5.69 Å². The molecule has 0 saturated heterocycles. The topological polar surface area (TPSA) is 105 Å². The standard InChI is InChI=1S/C14H13N3O3S/c1-17-21(18,19)14-8-11(16)5-6-13(14)20-12-4-2-3-10(7-12)9-15/h2-8,17H,16H2,1H3. The van der Waals surface area contributed by atoms with Crippen LogP contribution in [0.3, 0.4) is 0 Å². The van der Waals surface area contributed by atoms with Crippen LogP contribution in [0.25, 0.3) is 0 Å². The van der Waals surface area contributed by atoms with E-state index in [-0.39, 0.29) is 10.6 Å². The van der Waals surface area contributed by atoms with E-state index in [2.05, 4.69) is 4.72 Å². The average molecular weight is 303 g/mol. The van der Waals surface area contributed by atoms with Gasteiger partial charge in [-0.05, 0) is 43.4 Å². The number of rotatable bonds is 4. The molecule has 3 N–H and O–H groups in total. The SMILES string of the molecule is CNS(=O)(=O)c1cc(N)ccc1Oc1cccc(C#N)c1. The molecule has 0 amide bonds. The molecule has 108 valence electrons. The number of benzene rings is 2. The maximum Gasteiger partial charge on any atom is 0.244 e. The normalized spacial score (nSPS) is 10.9. The molecule has 21 heavy (non-hydrogen) atoms. The highest BCUT2D eigenvalue weighted by molar-refractivity contribution is 7.89. The third-order valence-corrected chi connectivity index (χ3v) is 4.15. The van der Waals surface area contributed by atoms with Gasteiger partial charge in [-0.1, -0.05) is 6.07 Å². The smallest absolute Gasteiger partial charge is 0.244 e. The number of nitriles is 1. The minimum atomic E-state index is -3.71. The monoisotopic (exact) mass is 303 g/mol. The minimum absolute atomic E-state index is 0.0626. The van der Waals surface area contributed by atoms with Crippen molar-refractivity contribution in [2.75, 3.05) is 12.8 Å². The van der Waals surface area contributed by atoms with Crippen LogP contribution in [0.15, 0.2) is 47.4 Å². The van der Waals surface area contributed by atoms with Crippen LogP contribution in [0.2, 0.25) is 0 Å². The van der Waals surface area contributed by atoms with Crippen molar-refractivity contribution in [1.82, 2.24) is 4.72 Å². The number of nitrogens with one attached hydrogen (secondary N) is 1. The van der Waals surface area contributed by atoms with E-state index in [4.69, 9.17) is 15.7 Å². The Labute approximate surface area is 122 Å². The van der Waals surface area contributed by atoms with E-state index in [0.29, 0.717) is 17.0 Å². The minimum Gasteiger partial charge on any atom is -0.456 e. The lowest BCUT2D eigenvalue weighted by atomic mass is 10.2. The van der Waals surface area contributed by atoms with Crippen molar-refractivity contribution in [3.63, 3.8) is 0 Å². The van der Waals surface area contributed by atoms with Gasteiger partial charge in [-0.2, -0.15) is 5.26 Å². The van der Waals surface area contributed by atoms with Gasteiger partial charge in [0, 0.05) is 5.69 Å². The summed E-state index contributed by atoms with van der Waals surface area (Å²) in [5.41, 5.74) is 6.35. The predicted molar refractivity (Wildman–Crippen MR) is 78.3 cm³/mol. The largest absolute Gasteiger partial charge is 0.456 e. The Morgan fingerprint density at radius 3 is 2.67 bits per heavy atom. The number of nitrogens with two attached hydrogens (primary N) is 1. The van der Waals surface area contributed by atoms with E-state index in [1.807, 2.05) is 6.07 Å². The van der Waals surface area contributed by atoms with Crippen LogP contribution in [0.1, 0.15) is 5.56 Å². The molecule has 0 aliphatic heterocycles. The van der Waals surface area contributed by atoms with Crippen molar-refractivity contribution >= 4 is 15.7 Å². The van der Waals surface area contributed by atoms with Gasteiger partial charge in [0.1, 0.15) is 16.4 Å². The molecular formula is C14H13N3O3S. The zero-order valence-electron chi connectivity index (χ0n) is 11.2. The summed E-state index contributed by atoms with van der Waals surface area (Å²) in [4.78, 5) is -0.0626. The Kier molecular flexibility index (Phi) is 4.12. The zero-order chi connectivity index (χ0) is 15.5. The van der Waals surface area contributed by atoms with Crippen LogP contribution in [0.5, 0.6) is 11.5 Å². The first-order valence-corrected chi connectivity index (χ1v) is 7.45. The van der Waals surface area contributed by atoms with Gasteiger partial charge in [0.2, 0.25) is 10.0 Å². The van der Waals surface area contributed by atoms with E-state index in [1.54, 1.807) is 18.2 Å². The number of sulfonamides is 1. The molecule has 0 atom stereocenters. The summed E-state index contributed by atoms with van der Waals surface area (Å²) in [7, 11) is -2.40. The summed E-state index contributed by atoms with van der Waals surface area (Å²) in [6, 6.07) is 12.7. The van der Waals surface area contributed by atoms with Gasteiger partial charge in [0.25, 0.3) is 0 Å². The third kappa shape index (κ3) is 3.31. The maximum atomic E-state index is 12.0. The summed E-state index contributed by atoms with van der Waals surface area (Å²) in [6.45, 7) is 0. The van der Waals surface area contributed by atoms with Crippen LogP contribution in [-0.4, -0.2) is 15.5 Å². The van der Waals surface area contributed by atoms with Crippen molar-refractivity contribution in [3.8, 4) is 17.6 Å². The molecule has 2 aromatic rings. The first kappa shape index (κ1) is 14.8. The second-order valence-electron chi connectivity index (χ2n) is 4.16. The van der Waals surface area contributed by atoms with E-state index in [1.165, 1.54) is 31.3 Å².